The molecule has 1 heterocycles. The fourth-order valence-corrected chi connectivity index (χ4v) is 1.62. The lowest BCUT2D eigenvalue weighted by Gasteiger charge is -2.06. The van der Waals surface area contributed by atoms with Gasteiger partial charge < -0.3 is 5.32 Å². The average molecular weight is 215 g/mol. The summed E-state index contributed by atoms with van der Waals surface area (Å²) >= 11 is 0. The molecule has 0 saturated heterocycles. The Bertz CT molecular complexity index is 461. The van der Waals surface area contributed by atoms with E-state index < -0.39 is 0 Å². The highest BCUT2D eigenvalue weighted by Gasteiger charge is 2.20. The van der Waals surface area contributed by atoms with E-state index >= 15 is 0 Å². The van der Waals surface area contributed by atoms with E-state index in [9.17, 15) is 0 Å². The second kappa shape index (κ2) is 3.92. The average Bonchev–Trinajstić information content (AvgIpc) is 2.99. The molecule has 0 spiro atoms. The van der Waals surface area contributed by atoms with Crippen molar-refractivity contribution in [3.8, 4) is 5.69 Å². The van der Waals surface area contributed by atoms with Crippen molar-refractivity contribution in [2.75, 3.05) is 11.9 Å². The Morgan fingerprint density at radius 3 is 3.06 bits per heavy atom. The number of rotatable bonds is 4. The normalized spacial score (nSPS) is 15.0. The van der Waals surface area contributed by atoms with Gasteiger partial charge in [0.2, 0.25) is 0 Å². The van der Waals surface area contributed by atoms with Gasteiger partial charge in [-0.15, -0.1) is 5.10 Å². The van der Waals surface area contributed by atoms with E-state index in [1.165, 1.54) is 12.8 Å². The Labute approximate surface area is 93.5 Å². The molecule has 1 aromatic heterocycles. The van der Waals surface area contributed by atoms with E-state index in [2.05, 4.69) is 33.0 Å². The molecule has 0 amide bonds. The van der Waals surface area contributed by atoms with Crippen LogP contribution in [0.15, 0.2) is 30.6 Å². The zero-order valence-corrected chi connectivity index (χ0v) is 8.87. The molecular formula is C11H13N5. The summed E-state index contributed by atoms with van der Waals surface area (Å²) in [5, 5.41) is 14.5. The van der Waals surface area contributed by atoms with Crippen molar-refractivity contribution in [1.82, 2.24) is 20.2 Å². The smallest absolute Gasteiger partial charge is 0.143 e. The predicted octanol–water partition coefficient (Wildman–Crippen LogP) is 1.48. The molecule has 1 aliphatic carbocycles. The van der Waals surface area contributed by atoms with Crippen LogP contribution in [0.5, 0.6) is 0 Å². The standard InChI is InChI=1S/C11H13N5/c1-2-10(12-7-9-4-5-9)6-11(3-1)16-8-13-14-15-16/h1-3,6,8-9,12H,4-5,7H2. The second-order valence-electron chi connectivity index (χ2n) is 4.13. The second-order valence-corrected chi connectivity index (χ2v) is 4.13. The Hall–Kier alpha value is -1.91. The van der Waals surface area contributed by atoms with E-state index in [0.717, 1.165) is 23.8 Å². The molecule has 0 atom stereocenters. The zero-order valence-electron chi connectivity index (χ0n) is 8.87. The van der Waals surface area contributed by atoms with Gasteiger partial charge in [-0.1, -0.05) is 6.07 Å². The van der Waals surface area contributed by atoms with Crippen molar-refractivity contribution < 1.29 is 0 Å². The minimum atomic E-state index is 0.872. The van der Waals surface area contributed by atoms with Gasteiger partial charge in [0.15, 0.2) is 0 Å². The van der Waals surface area contributed by atoms with Gasteiger partial charge in [-0.2, -0.15) is 0 Å². The summed E-state index contributed by atoms with van der Waals surface area (Å²) in [6, 6.07) is 8.11. The molecule has 2 aromatic rings. The van der Waals surface area contributed by atoms with Crippen molar-refractivity contribution in [1.29, 1.82) is 0 Å². The van der Waals surface area contributed by atoms with Gasteiger partial charge in [0.05, 0.1) is 5.69 Å². The molecule has 0 bridgehead atoms. The molecule has 16 heavy (non-hydrogen) atoms. The Balaban J connectivity index is 1.76. The van der Waals surface area contributed by atoms with E-state index in [1.54, 1.807) is 11.0 Å². The van der Waals surface area contributed by atoms with Crippen LogP contribution in [0.1, 0.15) is 12.8 Å². The lowest BCUT2D eigenvalue weighted by molar-refractivity contribution is 0.789. The van der Waals surface area contributed by atoms with Crippen LogP contribution in [0.25, 0.3) is 5.69 Å². The molecule has 1 aromatic carbocycles. The van der Waals surface area contributed by atoms with E-state index in [4.69, 9.17) is 0 Å². The lowest BCUT2D eigenvalue weighted by atomic mass is 10.2. The third-order valence-electron chi connectivity index (χ3n) is 2.75. The number of hydrogen-bond acceptors (Lipinski definition) is 4. The molecule has 1 saturated carbocycles. The minimum absolute atomic E-state index is 0.872. The van der Waals surface area contributed by atoms with Crippen LogP contribution >= 0.6 is 0 Å². The van der Waals surface area contributed by atoms with Crippen LogP contribution in [0, 0.1) is 5.92 Å². The summed E-state index contributed by atoms with van der Waals surface area (Å²) in [5.41, 5.74) is 2.10. The van der Waals surface area contributed by atoms with Crippen LogP contribution in [-0.2, 0) is 0 Å². The summed E-state index contributed by atoms with van der Waals surface area (Å²) in [6.07, 6.45) is 4.32. The summed E-state index contributed by atoms with van der Waals surface area (Å²) in [7, 11) is 0. The fraction of sp³-hybridized carbons (Fsp3) is 0.364. The Kier molecular flexibility index (Phi) is 2.29. The van der Waals surface area contributed by atoms with Gasteiger partial charge >= 0.3 is 0 Å². The Morgan fingerprint density at radius 2 is 2.31 bits per heavy atom. The minimum Gasteiger partial charge on any atom is -0.385 e. The predicted molar refractivity (Wildman–Crippen MR) is 60.4 cm³/mol. The molecule has 5 nitrogen and oxygen atoms in total. The maximum Gasteiger partial charge on any atom is 0.143 e. The van der Waals surface area contributed by atoms with Crippen LogP contribution in [0.3, 0.4) is 0 Å². The number of nitrogens with one attached hydrogen (secondary N) is 1. The van der Waals surface area contributed by atoms with E-state index in [0.29, 0.717) is 0 Å². The van der Waals surface area contributed by atoms with Crippen LogP contribution in [0.2, 0.25) is 0 Å². The van der Waals surface area contributed by atoms with E-state index in [-0.39, 0.29) is 0 Å². The third kappa shape index (κ3) is 2.03. The summed E-state index contributed by atoms with van der Waals surface area (Å²) in [6.45, 7) is 1.07. The maximum atomic E-state index is 3.86. The number of anilines is 1. The SMILES string of the molecule is c1cc(NCC2CC2)cc(-n2cnnn2)c1. The summed E-state index contributed by atoms with van der Waals surface area (Å²) < 4.78 is 1.66. The molecule has 5 heteroatoms. The van der Waals surface area contributed by atoms with Gasteiger partial charge in [0, 0.05) is 12.2 Å². The molecular weight excluding hydrogens is 202 g/mol. The first-order valence-electron chi connectivity index (χ1n) is 5.49. The monoisotopic (exact) mass is 215 g/mol. The molecule has 3 rings (SSSR count). The van der Waals surface area contributed by atoms with Gasteiger partial charge in [0.1, 0.15) is 6.33 Å². The number of nitrogens with zero attached hydrogens (tertiary/aromatic N) is 4. The van der Waals surface area contributed by atoms with Crippen LogP contribution in [-0.4, -0.2) is 26.8 Å². The van der Waals surface area contributed by atoms with Gasteiger partial charge in [-0.3, -0.25) is 0 Å². The van der Waals surface area contributed by atoms with Crippen molar-refractivity contribution >= 4 is 5.69 Å². The highest BCUT2D eigenvalue weighted by Crippen LogP contribution is 2.29. The number of hydrogen-bond donors (Lipinski definition) is 1. The molecule has 1 fully saturated rings. The molecule has 1 aliphatic rings. The van der Waals surface area contributed by atoms with Gasteiger partial charge in [-0.25, -0.2) is 4.68 Å². The number of benzene rings is 1. The molecule has 0 unspecified atom stereocenters. The van der Waals surface area contributed by atoms with Crippen molar-refractivity contribution in [2.24, 2.45) is 5.92 Å². The largest absolute Gasteiger partial charge is 0.385 e. The fourth-order valence-electron chi connectivity index (χ4n) is 1.62. The lowest BCUT2D eigenvalue weighted by Crippen LogP contribution is -2.04. The molecule has 82 valence electrons. The number of aromatic nitrogens is 4. The maximum absolute atomic E-state index is 3.86. The van der Waals surface area contributed by atoms with Crippen molar-refractivity contribution in [3.63, 3.8) is 0 Å². The topological polar surface area (TPSA) is 55.6 Å². The first kappa shape index (κ1) is 9.33. The first-order valence-corrected chi connectivity index (χ1v) is 5.49. The van der Waals surface area contributed by atoms with E-state index in [1.807, 2.05) is 12.1 Å². The van der Waals surface area contributed by atoms with Gasteiger partial charge in [-0.05, 0) is 47.4 Å². The molecule has 0 aliphatic heterocycles. The Morgan fingerprint density at radius 1 is 1.38 bits per heavy atom. The molecule has 0 radical (unpaired) electrons. The first-order chi connectivity index (χ1) is 7.92. The summed E-state index contributed by atoms with van der Waals surface area (Å²) in [5.74, 6) is 0.872. The van der Waals surface area contributed by atoms with Crippen molar-refractivity contribution in [2.45, 2.75) is 12.8 Å². The van der Waals surface area contributed by atoms with Crippen molar-refractivity contribution in [3.05, 3.63) is 30.6 Å². The van der Waals surface area contributed by atoms with Gasteiger partial charge in [0.25, 0.3) is 0 Å². The highest BCUT2D eigenvalue weighted by atomic mass is 15.5. The highest BCUT2D eigenvalue weighted by molar-refractivity contribution is 5.50. The van der Waals surface area contributed by atoms with Crippen LogP contribution in [0.4, 0.5) is 5.69 Å². The van der Waals surface area contributed by atoms with Crippen LogP contribution < -0.4 is 5.32 Å². The quantitative estimate of drug-likeness (QED) is 0.839. The molecule has 1 N–H and O–H groups in total. The number of tetrazole rings is 1. The zero-order chi connectivity index (χ0) is 10.8. The summed E-state index contributed by atoms with van der Waals surface area (Å²) in [4.78, 5) is 0. The third-order valence-corrected chi connectivity index (χ3v) is 2.75.